The molecular formula is C28H30N8OS. The number of rotatable bonds is 6. The maximum absolute atomic E-state index is 5.64. The summed E-state index contributed by atoms with van der Waals surface area (Å²) in [6, 6.07) is 14.9. The first-order valence-electron chi connectivity index (χ1n) is 13.3. The van der Waals surface area contributed by atoms with Crippen LogP contribution in [0.2, 0.25) is 0 Å². The fraction of sp³-hybridized carbons (Fsp3) is 0.357. The first kappa shape index (κ1) is 23.5. The van der Waals surface area contributed by atoms with Crippen molar-refractivity contribution in [2.75, 3.05) is 49.6 Å². The predicted octanol–water partition coefficient (Wildman–Crippen LogP) is 4.54. The van der Waals surface area contributed by atoms with E-state index < -0.39 is 0 Å². The molecule has 2 aliphatic rings. The number of morpholine rings is 1. The van der Waals surface area contributed by atoms with Gasteiger partial charge in [0.25, 0.3) is 0 Å². The fourth-order valence-electron chi connectivity index (χ4n) is 5.43. The number of H-pyrrole nitrogens is 1. The average molecular weight is 527 g/mol. The molecular weight excluding hydrogens is 496 g/mol. The fourth-order valence-corrected chi connectivity index (χ4v) is 6.58. The molecule has 6 heterocycles. The topological polar surface area (TPSA) is 95.1 Å². The van der Waals surface area contributed by atoms with E-state index >= 15 is 0 Å². The van der Waals surface area contributed by atoms with Crippen LogP contribution in [0, 0.1) is 0 Å². The molecule has 2 fully saturated rings. The summed E-state index contributed by atoms with van der Waals surface area (Å²) in [5, 5.41) is 11.9. The zero-order chi connectivity index (χ0) is 25.3. The molecule has 0 unspecified atom stereocenters. The number of fused-ring (bicyclic) bond motifs is 2. The van der Waals surface area contributed by atoms with Crippen molar-refractivity contribution in [1.29, 1.82) is 0 Å². The zero-order valence-electron chi connectivity index (χ0n) is 21.1. The Labute approximate surface area is 224 Å². The van der Waals surface area contributed by atoms with Crippen LogP contribution < -0.4 is 10.2 Å². The number of piperidine rings is 1. The molecule has 0 saturated carbocycles. The van der Waals surface area contributed by atoms with Gasteiger partial charge in [0.15, 0.2) is 11.6 Å². The molecule has 0 amide bonds. The number of nitrogens with zero attached hydrogens (tertiary/aromatic N) is 6. The highest BCUT2D eigenvalue weighted by Crippen LogP contribution is 2.36. The number of benzene rings is 1. The van der Waals surface area contributed by atoms with E-state index in [9.17, 15) is 0 Å². The van der Waals surface area contributed by atoms with Crippen LogP contribution >= 0.6 is 11.3 Å². The summed E-state index contributed by atoms with van der Waals surface area (Å²) < 4.78 is 6.80. The van der Waals surface area contributed by atoms with Gasteiger partial charge in [-0.25, -0.2) is 15.0 Å². The van der Waals surface area contributed by atoms with E-state index in [1.54, 1.807) is 0 Å². The van der Waals surface area contributed by atoms with E-state index in [-0.39, 0.29) is 0 Å². The van der Waals surface area contributed by atoms with Crippen LogP contribution in [-0.2, 0) is 11.3 Å². The average Bonchev–Trinajstić information content (AvgIpc) is 3.61. The van der Waals surface area contributed by atoms with Crippen molar-refractivity contribution in [3.63, 3.8) is 0 Å². The molecule has 0 radical (unpaired) electrons. The number of nitrogens with one attached hydrogen (secondary N) is 2. The summed E-state index contributed by atoms with van der Waals surface area (Å²) >= 11 is 1.83. The first-order valence-corrected chi connectivity index (χ1v) is 14.1. The number of pyridine rings is 1. The number of hydrogen-bond donors (Lipinski definition) is 2. The second-order valence-electron chi connectivity index (χ2n) is 9.94. The largest absolute Gasteiger partial charge is 0.378 e. The van der Waals surface area contributed by atoms with Gasteiger partial charge < -0.3 is 15.0 Å². The van der Waals surface area contributed by atoms with Gasteiger partial charge >= 0.3 is 0 Å². The van der Waals surface area contributed by atoms with Crippen molar-refractivity contribution in [3.8, 4) is 11.4 Å². The maximum Gasteiger partial charge on any atom is 0.162 e. The summed E-state index contributed by atoms with van der Waals surface area (Å²) in [6.07, 6.45) is 5.92. The summed E-state index contributed by atoms with van der Waals surface area (Å²) in [4.78, 5) is 20.9. The smallest absolute Gasteiger partial charge is 0.162 e. The number of likely N-dealkylation sites (tertiary alicyclic amines) is 1. The predicted molar refractivity (Wildman–Crippen MR) is 152 cm³/mol. The van der Waals surface area contributed by atoms with Gasteiger partial charge in [-0.3, -0.25) is 10.00 Å². The van der Waals surface area contributed by atoms with Gasteiger partial charge in [-0.2, -0.15) is 5.10 Å². The molecule has 0 bridgehead atoms. The molecule has 7 rings (SSSR count). The third-order valence-corrected chi connectivity index (χ3v) is 8.53. The van der Waals surface area contributed by atoms with Gasteiger partial charge in [0, 0.05) is 60.8 Å². The molecule has 2 N–H and O–H groups in total. The lowest BCUT2D eigenvalue weighted by atomic mass is 10.0. The molecule has 1 aromatic carbocycles. The van der Waals surface area contributed by atoms with Gasteiger partial charge in [0.1, 0.15) is 5.82 Å². The first-order chi connectivity index (χ1) is 18.8. The maximum atomic E-state index is 5.64. The number of thiophene rings is 1. The molecule has 2 aliphatic heterocycles. The molecule has 9 nitrogen and oxygen atoms in total. The normalized spacial score (nSPS) is 17.4. The van der Waals surface area contributed by atoms with Crippen LogP contribution in [-0.4, -0.2) is 75.5 Å². The number of anilines is 2. The van der Waals surface area contributed by atoms with Gasteiger partial charge in [-0.15, -0.1) is 11.3 Å². The number of aromatic nitrogens is 5. The Morgan fingerprint density at radius 3 is 2.76 bits per heavy atom. The highest BCUT2D eigenvalue weighted by atomic mass is 32.1. The molecule has 10 heteroatoms. The number of ether oxygens (including phenoxy) is 1. The highest BCUT2D eigenvalue weighted by Gasteiger charge is 2.23. The second-order valence-corrected chi connectivity index (χ2v) is 11.1. The quantitative estimate of drug-likeness (QED) is 0.333. The van der Waals surface area contributed by atoms with E-state index in [1.807, 2.05) is 54.1 Å². The summed E-state index contributed by atoms with van der Waals surface area (Å²) in [5.41, 5.74) is 3.01. The van der Waals surface area contributed by atoms with Crippen LogP contribution in [0.4, 0.5) is 11.6 Å². The van der Waals surface area contributed by atoms with Crippen LogP contribution in [0.3, 0.4) is 0 Å². The van der Waals surface area contributed by atoms with Gasteiger partial charge in [0.05, 0.1) is 35.1 Å². The molecule has 2 saturated heterocycles. The van der Waals surface area contributed by atoms with Crippen molar-refractivity contribution < 1.29 is 4.74 Å². The van der Waals surface area contributed by atoms with Gasteiger partial charge in [0.2, 0.25) is 0 Å². The Bertz CT molecular complexity index is 1540. The minimum atomic E-state index is 0.468. The lowest BCUT2D eigenvalue weighted by Gasteiger charge is -2.32. The van der Waals surface area contributed by atoms with Crippen LogP contribution in [0.15, 0.2) is 54.9 Å². The Hall–Kier alpha value is -3.60. The van der Waals surface area contributed by atoms with Crippen LogP contribution in [0.5, 0.6) is 0 Å². The monoisotopic (exact) mass is 526 g/mol. The molecule has 0 atom stereocenters. The van der Waals surface area contributed by atoms with Crippen LogP contribution in [0.25, 0.3) is 32.5 Å². The minimum Gasteiger partial charge on any atom is -0.378 e. The van der Waals surface area contributed by atoms with E-state index in [0.717, 1.165) is 103 Å². The zero-order valence-corrected chi connectivity index (χ0v) is 22.0. The standard InChI is InChI=1S/C28H30N8OS/c1-2-9-29-25(6-1)31-19-7-10-35(11-8-19)18-20-16-24-26(38-20)28(36-12-14-37-15-13-36)33-27(32-24)21-4-3-5-23-22(21)17-30-34-23/h1-6,9,16-17,19H,7-8,10-15,18H2,(H,29,31)(H,30,34). The molecule has 5 aromatic rings. The third-order valence-electron chi connectivity index (χ3n) is 7.42. The van der Waals surface area contributed by atoms with E-state index in [2.05, 4.69) is 42.4 Å². The van der Waals surface area contributed by atoms with E-state index in [4.69, 9.17) is 14.7 Å². The van der Waals surface area contributed by atoms with Crippen molar-refractivity contribution in [2.45, 2.75) is 25.4 Å². The summed E-state index contributed by atoms with van der Waals surface area (Å²) in [5.74, 6) is 2.73. The summed E-state index contributed by atoms with van der Waals surface area (Å²) in [6.45, 7) is 6.18. The Morgan fingerprint density at radius 1 is 1.03 bits per heavy atom. The van der Waals surface area contributed by atoms with Crippen LogP contribution in [0.1, 0.15) is 17.7 Å². The second kappa shape index (κ2) is 10.3. The molecule has 0 aliphatic carbocycles. The third kappa shape index (κ3) is 4.70. The van der Waals surface area contributed by atoms with Crippen molar-refractivity contribution in [3.05, 3.63) is 59.7 Å². The lowest BCUT2D eigenvalue weighted by molar-refractivity contribution is 0.122. The molecule has 4 aromatic heterocycles. The van der Waals surface area contributed by atoms with E-state index in [0.29, 0.717) is 6.04 Å². The molecule has 38 heavy (non-hydrogen) atoms. The van der Waals surface area contributed by atoms with Crippen molar-refractivity contribution in [2.24, 2.45) is 0 Å². The minimum absolute atomic E-state index is 0.468. The van der Waals surface area contributed by atoms with Crippen molar-refractivity contribution >= 4 is 44.1 Å². The van der Waals surface area contributed by atoms with E-state index in [1.165, 1.54) is 4.88 Å². The summed E-state index contributed by atoms with van der Waals surface area (Å²) in [7, 11) is 0. The lowest BCUT2D eigenvalue weighted by Crippen LogP contribution is -2.38. The van der Waals surface area contributed by atoms with Gasteiger partial charge in [-0.05, 0) is 37.1 Å². The highest BCUT2D eigenvalue weighted by molar-refractivity contribution is 7.19. The van der Waals surface area contributed by atoms with Crippen molar-refractivity contribution in [1.82, 2.24) is 30.0 Å². The molecule has 194 valence electrons. The SMILES string of the molecule is c1ccc(NC2CCN(Cc3cc4nc(-c5cccc6[nH]ncc56)nc(N5CCOCC5)c4s3)CC2)nc1. The van der Waals surface area contributed by atoms with Gasteiger partial charge in [-0.1, -0.05) is 18.2 Å². The Morgan fingerprint density at radius 2 is 1.92 bits per heavy atom. The number of hydrogen-bond acceptors (Lipinski definition) is 9. The molecule has 0 spiro atoms. The Balaban J connectivity index is 1.15. The Kier molecular flexibility index (Phi) is 6.36. The number of aromatic amines is 1.